The molecule has 0 aliphatic heterocycles. The van der Waals surface area contributed by atoms with E-state index in [0.29, 0.717) is 0 Å². The predicted octanol–water partition coefficient (Wildman–Crippen LogP) is 1.13. The van der Waals surface area contributed by atoms with Gasteiger partial charge < -0.3 is 0 Å². The molecule has 0 saturated carbocycles. The summed E-state index contributed by atoms with van der Waals surface area (Å²) < 4.78 is 5.75. The molecule has 0 saturated heterocycles. The summed E-state index contributed by atoms with van der Waals surface area (Å²) in [6, 6.07) is 7.53. The van der Waals surface area contributed by atoms with Crippen molar-refractivity contribution in [2.45, 2.75) is 6.92 Å². The average molecular weight is 176 g/mol. The van der Waals surface area contributed by atoms with Crippen molar-refractivity contribution in [2.75, 3.05) is 0 Å². The van der Waals surface area contributed by atoms with Crippen LogP contribution in [-0.2, 0) is 0 Å². The molecule has 0 amide bonds. The summed E-state index contributed by atoms with van der Waals surface area (Å²) >= 11 is 0. The zero-order valence-electron chi connectivity index (χ0n) is 7.10. The van der Waals surface area contributed by atoms with Gasteiger partial charge in [-0.2, -0.15) is 0 Å². The number of rotatable bonds is 1. The molecule has 0 aliphatic rings. The molecule has 1 aromatic heterocycles. The van der Waals surface area contributed by atoms with Gasteiger partial charge in [-0.05, 0) is 19.1 Å². The minimum Gasteiger partial charge on any atom is -0.296 e. The molecule has 1 aromatic carbocycles. The highest BCUT2D eigenvalue weighted by atomic mass is 16.5. The first-order chi connectivity index (χ1) is 6.27. The van der Waals surface area contributed by atoms with Crippen LogP contribution in [0.5, 0.6) is 0 Å². The second-order valence-corrected chi connectivity index (χ2v) is 2.78. The van der Waals surface area contributed by atoms with Crippen LogP contribution in [0.15, 0.2) is 39.9 Å². The van der Waals surface area contributed by atoms with E-state index in [9.17, 15) is 4.79 Å². The van der Waals surface area contributed by atoms with Crippen LogP contribution in [0.1, 0.15) is 5.56 Å². The number of hydrogen-bond donors (Lipinski definition) is 0. The Balaban J connectivity index is 2.54. The van der Waals surface area contributed by atoms with Gasteiger partial charge in [0.25, 0.3) is 0 Å². The second-order valence-electron chi connectivity index (χ2n) is 2.78. The summed E-state index contributed by atoms with van der Waals surface area (Å²) in [6.07, 6.45) is 1.35. The van der Waals surface area contributed by atoms with Crippen molar-refractivity contribution in [1.82, 2.24) is 9.72 Å². The largest absolute Gasteiger partial charge is 0.446 e. The zero-order chi connectivity index (χ0) is 9.26. The van der Waals surface area contributed by atoms with E-state index in [2.05, 4.69) is 9.68 Å². The van der Waals surface area contributed by atoms with Gasteiger partial charge in [-0.3, -0.25) is 4.52 Å². The Kier molecular flexibility index (Phi) is 1.73. The van der Waals surface area contributed by atoms with Crippen LogP contribution in [-0.4, -0.2) is 9.72 Å². The molecule has 2 aromatic rings. The maximum absolute atomic E-state index is 11.0. The van der Waals surface area contributed by atoms with Crippen molar-refractivity contribution >= 4 is 0 Å². The van der Waals surface area contributed by atoms with Gasteiger partial charge in [0.05, 0.1) is 5.69 Å². The van der Waals surface area contributed by atoms with Crippen LogP contribution in [0.3, 0.4) is 0 Å². The summed E-state index contributed by atoms with van der Waals surface area (Å²) in [4.78, 5) is 11.0. The van der Waals surface area contributed by atoms with Gasteiger partial charge in [-0.15, -0.1) is 0 Å². The smallest absolute Gasteiger partial charge is 0.296 e. The third-order valence-electron chi connectivity index (χ3n) is 1.80. The number of aromatic nitrogens is 2. The highest BCUT2D eigenvalue weighted by Crippen LogP contribution is 2.05. The van der Waals surface area contributed by atoms with Crippen molar-refractivity contribution in [3.63, 3.8) is 0 Å². The van der Waals surface area contributed by atoms with Crippen LogP contribution in [0.4, 0.5) is 0 Å². The highest BCUT2D eigenvalue weighted by Gasteiger charge is 2.00. The Morgan fingerprint density at radius 1 is 1.31 bits per heavy atom. The number of aryl methyl sites for hydroxylation is 1. The van der Waals surface area contributed by atoms with Gasteiger partial charge in [0.2, 0.25) is 0 Å². The van der Waals surface area contributed by atoms with E-state index in [1.54, 1.807) is 0 Å². The van der Waals surface area contributed by atoms with Gasteiger partial charge in [0, 0.05) is 0 Å². The number of benzene rings is 1. The van der Waals surface area contributed by atoms with E-state index in [0.717, 1.165) is 11.3 Å². The molecule has 0 bridgehead atoms. The Morgan fingerprint density at radius 3 is 2.54 bits per heavy atom. The average Bonchev–Trinajstić information content (AvgIpc) is 2.53. The second kappa shape index (κ2) is 2.90. The predicted molar refractivity (Wildman–Crippen MR) is 46.8 cm³/mol. The quantitative estimate of drug-likeness (QED) is 0.654. The van der Waals surface area contributed by atoms with Crippen LogP contribution in [0.2, 0.25) is 0 Å². The lowest BCUT2D eigenvalue weighted by atomic mass is 10.2. The Labute approximate surface area is 74.4 Å². The van der Waals surface area contributed by atoms with Crippen molar-refractivity contribution in [3.05, 3.63) is 46.7 Å². The lowest BCUT2D eigenvalue weighted by Gasteiger charge is -1.98. The van der Waals surface area contributed by atoms with E-state index >= 15 is 0 Å². The number of nitrogens with zero attached hydrogens (tertiary/aromatic N) is 2. The summed E-state index contributed by atoms with van der Waals surface area (Å²) in [5.74, 6) is -0.469. The molecule has 4 heteroatoms. The van der Waals surface area contributed by atoms with Crippen LogP contribution in [0, 0.1) is 6.92 Å². The molecule has 4 nitrogen and oxygen atoms in total. The standard InChI is InChI=1S/C9H8N2O2/c1-7-2-4-8(5-3-7)11-6-10-13-9(11)12/h2-6H,1H3. The van der Waals surface area contributed by atoms with Crippen molar-refractivity contribution < 1.29 is 4.52 Å². The summed E-state index contributed by atoms with van der Waals surface area (Å²) in [7, 11) is 0. The van der Waals surface area contributed by atoms with E-state index in [1.807, 2.05) is 31.2 Å². The Morgan fingerprint density at radius 2 is 2.00 bits per heavy atom. The van der Waals surface area contributed by atoms with Gasteiger partial charge in [0.1, 0.15) is 6.33 Å². The molecule has 0 aliphatic carbocycles. The molecule has 66 valence electrons. The maximum Gasteiger partial charge on any atom is 0.446 e. The monoisotopic (exact) mass is 176 g/mol. The molecule has 13 heavy (non-hydrogen) atoms. The van der Waals surface area contributed by atoms with Crippen LogP contribution in [0.25, 0.3) is 5.69 Å². The number of hydrogen-bond acceptors (Lipinski definition) is 3. The minimum atomic E-state index is -0.469. The molecule has 0 fully saturated rings. The van der Waals surface area contributed by atoms with E-state index in [4.69, 9.17) is 0 Å². The zero-order valence-corrected chi connectivity index (χ0v) is 7.10. The molecule has 0 spiro atoms. The fourth-order valence-electron chi connectivity index (χ4n) is 1.08. The summed E-state index contributed by atoms with van der Waals surface area (Å²) in [5.41, 5.74) is 1.91. The lowest BCUT2D eigenvalue weighted by Crippen LogP contribution is -2.10. The third kappa shape index (κ3) is 1.38. The van der Waals surface area contributed by atoms with Gasteiger partial charge >= 0.3 is 5.76 Å². The molecular formula is C9H8N2O2. The van der Waals surface area contributed by atoms with Gasteiger partial charge in [0.15, 0.2) is 0 Å². The summed E-state index contributed by atoms with van der Waals surface area (Å²) in [5, 5.41) is 3.40. The molecule has 2 rings (SSSR count). The van der Waals surface area contributed by atoms with Gasteiger partial charge in [-0.1, -0.05) is 22.9 Å². The van der Waals surface area contributed by atoms with Crippen molar-refractivity contribution in [1.29, 1.82) is 0 Å². The topological polar surface area (TPSA) is 48.0 Å². The summed E-state index contributed by atoms with van der Waals surface area (Å²) in [6.45, 7) is 1.99. The molecule has 0 N–H and O–H groups in total. The fourth-order valence-corrected chi connectivity index (χ4v) is 1.08. The molecule has 0 unspecified atom stereocenters. The highest BCUT2D eigenvalue weighted by molar-refractivity contribution is 5.33. The third-order valence-corrected chi connectivity index (χ3v) is 1.80. The first-order valence-electron chi connectivity index (χ1n) is 3.88. The van der Waals surface area contributed by atoms with Crippen LogP contribution >= 0.6 is 0 Å². The maximum atomic E-state index is 11.0. The minimum absolute atomic E-state index is 0.469. The SMILES string of the molecule is Cc1ccc(-n2cnoc2=O)cc1. The first-order valence-corrected chi connectivity index (χ1v) is 3.88. The van der Waals surface area contributed by atoms with Crippen LogP contribution < -0.4 is 5.76 Å². The Hall–Kier alpha value is -1.84. The first kappa shape index (κ1) is 7.79. The van der Waals surface area contributed by atoms with Gasteiger partial charge in [-0.25, -0.2) is 9.36 Å². The van der Waals surface area contributed by atoms with E-state index in [-0.39, 0.29) is 0 Å². The van der Waals surface area contributed by atoms with E-state index in [1.165, 1.54) is 10.9 Å². The Bertz CT molecular complexity index is 453. The lowest BCUT2D eigenvalue weighted by molar-refractivity contribution is 0.382. The van der Waals surface area contributed by atoms with Crippen molar-refractivity contribution in [2.24, 2.45) is 0 Å². The molecule has 0 atom stereocenters. The van der Waals surface area contributed by atoms with Crippen molar-refractivity contribution in [3.8, 4) is 5.69 Å². The molecule has 0 radical (unpaired) electrons. The fraction of sp³-hybridized carbons (Fsp3) is 0.111. The normalized spacial score (nSPS) is 10.2. The molecule has 1 heterocycles. The van der Waals surface area contributed by atoms with E-state index < -0.39 is 5.76 Å². The molecular weight excluding hydrogens is 168 g/mol.